The molecule has 1 aromatic rings. The van der Waals surface area contributed by atoms with Gasteiger partial charge < -0.3 is 34.5 Å². The molecule has 2 N–H and O–H groups in total. The van der Waals surface area contributed by atoms with Crippen molar-refractivity contribution in [2.45, 2.75) is 39.0 Å². The van der Waals surface area contributed by atoms with Crippen LogP contribution in [-0.2, 0) is 39.8 Å². The third kappa shape index (κ3) is 9.89. The maximum Gasteiger partial charge on any atom is 0.410 e. The summed E-state index contributed by atoms with van der Waals surface area (Å²) in [6.07, 6.45) is 1.05. The molecule has 0 aromatic heterocycles. The third-order valence-corrected chi connectivity index (χ3v) is 7.24. The first kappa shape index (κ1) is 32.6. The van der Waals surface area contributed by atoms with E-state index in [-0.39, 0.29) is 76.6 Å². The van der Waals surface area contributed by atoms with Crippen LogP contribution in [0.25, 0.3) is 0 Å². The lowest BCUT2D eigenvalue weighted by atomic mass is 9.78. The first-order chi connectivity index (χ1) is 20.3. The molecule has 3 heterocycles. The van der Waals surface area contributed by atoms with Crippen LogP contribution in [0.15, 0.2) is 24.3 Å². The normalized spacial score (nSPS) is 21.1. The number of carbonyl (C=O) groups is 5. The molecule has 0 radical (unpaired) electrons. The van der Waals surface area contributed by atoms with Gasteiger partial charge in [-0.05, 0) is 50.3 Å². The molecule has 1 fully saturated rings. The molecule has 0 saturated carbocycles. The van der Waals surface area contributed by atoms with Crippen molar-refractivity contribution in [1.82, 2.24) is 20.4 Å². The minimum atomic E-state index is -1.07. The Hall–Kier alpha value is -3.87. The quantitative estimate of drug-likeness (QED) is 0.441. The van der Waals surface area contributed by atoms with E-state index in [0.717, 1.165) is 5.56 Å². The number of carbonyl (C=O) groups excluding carboxylic acids is 5. The van der Waals surface area contributed by atoms with Crippen LogP contribution in [0, 0.1) is 5.41 Å². The fraction of sp³-hybridized carbons (Fsp3) is 0.621. The van der Waals surface area contributed by atoms with Crippen molar-refractivity contribution in [3.05, 3.63) is 29.8 Å². The zero-order valence-corrected chi connectivity index (χ0v) is 24.5. The lowest BCUT2D eigenvalue weighted by molar-refractivity contribution is -0.156. The Morgan fingerprint density at radius 1 is 1.00 bits per heavy atom. The van der Waals surface area contributed by atoms with Gasteiger partial charge >= 0.3 is 12.1 Å². The predicted molar refractivity (Wildman–Crippen MR) is 151 cm³/mol. The Labute approximate surface area is 246 Å². The van der Waals surface area contributed by atoms with Gasteiger partial charge in [-0.2, -0.15) is 0 Å². The fourth-order valence-electron chi connectivity index (χ4n) is 4.84. The summed E-state index contributed by atoms with van der Waals surface area (Å²) < 4.78 is 21.3. The summed E-state index contributed by atoms with van der Waals surface area (Å²) in [6, 6.07) is 7.10. The van der Waals surface area contributed by atoms with E-state index in [1.807, 2.05) is 12.1 Å². The van der Waals surface area contributed by atoms with Crippen molar-refractivity contribution in [1.29, 1.82) is 0 Å². The summed E-state index contributed by atoms with van der Waals surface area (Å²) in [6.45, 7) is 3.47. The van der Waals surface area contributed by atoms with Gasteiger partial charge in [-0.1, -0.05) is 12.1 Å². The van der Waals surface area contributed by atoms with Crippen LogP contribution in [-0.4, -0.2) is 112 Å². The van der Waals surface area contributed by atoms with Gasteiger partial charge in [0.2, 0.25) is 11.8 Å². The van der Waals surface area contributed by atoms with E-state index < -0.39 is 17.5 Å². The van der Waals surface area contributed by atoms with Crippen LogP contribution in [0.5, 0.6) is 5.75 Å². The number of amides is 4. The standard InChI is InChI=1S/C29H42N4O9/c1-3-40-27(37)29(11-16-39-2)18-22-7-9-23(10-8-22)42-20-25(35)30-12-5-14-32(13-4-6-24(34)31-21-29)26(36)19-33-15-17-41-28(33)38/h7-10H,3-6,11-21H2,1-2H3,(H,30,35)(H,31,34). The molecule has 0 aliphatic carbocycles. The highest BCUT2D eigenvalue weighted by Crippen LogP contribution is 2.30. The first-order valence-corrected chi connectivity index (χ1v) is 14.4. The van der Waals surface area contributed by atoms with Gasteiger partial charge in [0.1, 0.15) is 18.9 Å². The maximum atomic E-state index is 13.3. The van der Waals surface area contributed by atoms with Crippen LogP contribution >= 0.6 is 0 Å². The topological polar surface area (TPSA) is 153 Å². The molecule has 0 spiro atoms. The Morgan fingerprint density at radius 2 is 1.76 bits per heavy atom. The molecular weight excluding hydrogens is 548 g/mol. The SMILES string of the molecule is CCOC(=O)C1(CCOC)CNC(=O)CCCN(C(=O)CN2CCOC2=O)CCCNC(=O)COc2ccc(cc2)C1. The second kappa shape index (κ2) is 16.5. The molecule has 3 aliphatic rings. The summed E-state index contributed by atoms with van der Waals surface area (Å²) in [4.78, 5) is 66.3. The highest BCUT2D eigenvalue weighted by Gasteiger charge is 2.40. The van der Waals surface area contributed by atoms with Crippen molar-refractivity contribution in [3.8, 4) is 5.75 Å². The number of benzene rings is 1. The van der Waals surface area contributed by atoms with E-state index in [9.17, 15) is 24.0 Å². The third-order valence-electron chi connectivity index (χ3n) is 7.24. The largest absolute Gasteiger partial charge is 0.484 e. The number of hydrogen-bond acceptors (Lipinski definition) is 9. The number of esters is 1. The average Bonchev–Trinajstić information content (AvgIpc) is 3.38. The van der Waals surface area contributed by atoms with E-state index in [1.165, 1.54) is 4.90 Å². The van der Waals surface area contributed by atoms with Crippen LogP contribution in [0.3, 0.4) is 0 Å². The summed E-state index contributed by atoms with van der Waals surface area (Å²) >= 11 is 0. The molecule has 1 saturated heterocycles. The molecule has 13 nitrogen and oxygen atoms in total. The van der Waals surface area contributed by atoms with Gasteiger partial charge in [0, 0.05) is 46.3 Å². The van der Waals surface area contributed by atoms with Gasteiger partial charge in [0.25, 0.3) is 5.91 Å². The fourth-order valence-corrected chi connectivity index (χ4v) is 4.84. The van der Waals surface area contributed by atoms with E-state index in [4.69, 9.17) is 18.9 Å². The van der Waals surface area contributed by atoms with E-state index >= 15 is 0 Å². The Morgan fingerprint density at radius 3 is 2.45 bits per heavy atom. The molecule has 1 aromatic carbocycles. The van der Waals surface area contributed by atoms with Crippen molar-refractivity contribution in [2.75, 3.05) is 72.8 Å². The van der Waals surface area contributed by atoms with Crippen molar-refractivity contribution >= 4 is 29.8 Å². The summed E-state index contributed by atoms with van der Waals surface area (Å²) in [7, 11) is 1.55. The molecule has 1 unspecified atom stereocenters. The van der Waals surface area contributed by atoms with Crippen molar-refractivity contribution in [2.24, 2.45) is 5.41 Å². The van der Waals surface area contributed by atoms with E-state index in [2.05, 4.69) is 10.6 Å². The minimum Gasteiger partial charge on any atom is -0.484 e. The zero-order valence-electron chi connectivity index (χ0n) is 24.5. The summed E-state index contributed by atoms with van der Waals surface area (Å²) in [5.41, 5.74) is -0.243. The first-order valence-electron chi connectivity index (χ1n) is 14.4. The molecular formula is C29H42N4O9. The smallest absolute Gasteiger partial charge is 0.410 e. The van der Waals surface area contributed by atoms with Crippen molar-refractivity contribution < 1.29 is 42.9 Å². The van der Waals surface area contributed by atoms with Gasteiger partial charge in [-0.25, -0.2) is 4.79 Å². The molecule has 232 valence electrons. The Kier molecular flexibility index (Phi) is 12.9. The molecule has 3 aliphatic heterocycles. The number of methoxy groups -OCH3 is 1. The van der Waals surface area contributed by atoms with Crippen LogP contribution in [0.2, 0.25) is 0 Å². The number of nitrogens with one attached hydrogen (secondary N) is 2. The van der Waals surface area contributed by atoms with Crippen LogP contribution < -0.4 is 15.4 Å². The second-order valence-electron chi connectivity index (χ2n) is 10.4. The predicted octanol–water partition coefficient (Wildman–Crippen LogP) is 0.891. The molecule has 42 heavy (non-hydrogen) atoms. The molecule has 4 amide bonds. The number of ether oxygens (including phenoxy) is 4. The zero-order chi connectivity index (χ0) is 30.4. The molecule has 4 rings (SSSR count). The maximum absolute atomic E-state index is 13.3. The van der Waals surface area contributed by atoms with Gasteiger partial charge in [-0.15, -0.1) is 0 Å². The number of rotatable bonds is 7. The Bertz CT molecular complexity index is 1080. The van der Waals surface area contributed by atoms with E-state index in [1.54, 1.807) is 31.1 Å². The Balaban J connectivity index is 1.77. The molecule has 1 atom stereocenters. The van der Waals surface area contributed by atoms with Gasteiger partial charge in [0.15, 0.2) is 6.61 Å². The van der Waals surface area contributed by atoms with Gasteiger partial charge in [0.05, 0.1) is 18.6 Å². The summed E-state index contributed by atoms with van der Waals surface area (Å²) in [5, 5.41) is 5.69. The number of nitrogens with zero attached hydrogens (tertiary/aromatic N) is 2. The molecule has 13 heteroatoms. The molecule has 2 bridgehead atoms. The average molecular weight is 591 g/mol. The number of hydrogen-bond donors (Lipinski definition) is 2. The van der Waals surface area contributed by atoms with Crippen LogP contribution in [0.4, 0.5) is 4.79 Å². The number of fused-ring (bicyclic) bond motifs is 17. The number of cyclic esters (lactones) is 1. The lowest BCUT2D eigenvalue weighted by Gasteiger charge is -2.32. The minimum absolute atomic E-state index is 0.0478. The monoisotopic (exact) mass is 590 g/mol. The van der Waals surface area contributed by atoms with Gasteiger partial charge in [-0.3, -0.25) is 24.1 Å². The van der Waals surface area contributed by atoms with E-state index in [0.29, 0.717) is 44.6 Å². The van der Waals surface area contributed by atoms with Crippen molar-refractivity contribution in [3.63, 3.8) is 0 Å². The summed E-state index contributed by atoms with van der Waals surface area (Å²) in [5.74, 6) is -0.771. The second-order valence-corrected chi connectivity index (χ2v) is 10.4. The highest BCUT2D eigenvalue weighted by atomic mass is 16.6. The highest BCUT2D eigenvalue weighted by molar-refractivity contribution is 5.83. The lowest BCUT2D eigenvalue weighted by Crippen LogP contribution is -2.46. The van der Waals surface area contributed by atoms with Crippen LogP contribution in [0.1, 0.15) is 38.2 Å².